The Hall–Kier alpha value is -1.29. The van der Waals surface area contributed by atoms with Crippen LogP contribution in [0, 0.1) is 5.92 Å². The first kappa shape index (κ1) is 11.4. The van der Waals surface area contributed by atoms with Gasteiger partial charge in [-0.1, -0.05) is 0 Å². The van der Waals surface area contributed by atoms with E-state index >= 15 is 0 Å². The van der Waals surface area contributed by atoms with Crippen LogP contribution in [0.3, 0.4) is 0 Å². The molecule has 0 saturated carbocycles. The van der Waals surface area contributed by atoms with Crippen molar-refractivity contribution < 1.29 is 4.74 Å². The van der Waals surface area contributed by atoms with Gasteiger partial charge in [-0.2, -0.15) is 0 Å². The highest BCUT2D eigenvalue weighted by Crippen LogP contribution is 2.46. The largest absolute Gasteiger partial charge is 0.469 e. The Kier molecular flexibility index (Phi) is 2.21. The summed E-state index contributed by atoms with van der Waals surface area (Å²) >= 11 is 0. The van der Waals surface area contributed by atoms with Crippen LogP contribution in [0.2, 0.25) is 0 Å². The molecule has 1 aromatic heterocycles. The number of fused-ring (bicyclic) bond motifs is 3. The molecule has 0 aromatic carbocycles. The molecule has 20 heavy (non-hydrogen) atoms. The first-order valence-corrected chi connectivity index (χ1v) is 7.98. The van der Waals surface area contributed by atoms with Gasteiger partial charge < -0.3 is 9.64 Å². The van der Waals surface area contributed by atoms with Crippen LogP contribution in [0.15, 0.2) is 12.3 Å². The molecule has 0 aliphatic carbocycles. The van der Waals surface area contributed by atoms with Gasteiger partial charge in [0.15, 0.2) is 0 Å². The minimum atomic E-state index is 0.0411. The molecule has 106 valence electrons. The van der Waals surface area contributed by atoms with Crippen LogP contribution in [0.1, 0.15) is 24.8 Å². The highest BCUT2D eigenvalue weighted by atomic mass is 16.5. The summed E-state index contributed by atoms with van der Waals surface area (Å²) in [5, 5.41) is 0. The Labute approximate surface area is 119 Å². The number of hydrogen-bond donors (Lipinski definition) is 0. The number of piperidine rings is 3. The van der Waals surface area contributed by atoms with Crippen molar-refractivity contribution in [3.63, 3.8) is 0 Å². The lowest BCUT2D eigenvalue weighted by Gasteiger charge is -2.50. The van der Waals surface area contributed by atoms with E-state index in [0.717, 1.165) is 24.8 Å². The van der Waals surface area contributed by atoms with Crippen molar-refractivity contribution >= 4 is 5.69 Å². The second-order valence-corrected chi connectivity index (χ2v) is 6.89. The van der Waals surface area contributed by atoms with Crippen LogP contribution in [0.5, 0.6) is 5.88 Å². The zero-order chi connectivity index (χ0) is 13.2. The molecule has 1 aromatic rings. The number of anilines is 1. The molecule has 4 saturated heterocycles. The second kappa shape index (κ2) is 3.88. The van der Waals surface area contributed by atoms with E-state index in [0.29, 0.717) is 0 Å². The highest BCUT2D eigenvalue weighted by molar-refractivity contribution is 5.52. The van der Waals surface area contributed by atoms with Crippen LogP contribution in [-0.4, -0.2) is 48.2 Å². The molecular formula is C16H21N3O. The van der Waals surface area contributed by atoms with Gasteiger partial charge in [0.2, 0.25) is 5.88 Å². The second-order valence-electron chi connectivity index (χ2n) is 6.89. The number of ether oxygens (including phenoxy) is 1. The minimum Gasteiger partial charge on any atom is -0.469 e. The molecule has 0 N–H and O–H groups in total. The van der Waals surface area contributed by atoms with Gasteiger partial charge in [0, 0.05) is 37.5 Å². The molecule has 2 bridgehead atoms. The van der Waals surface area contributed by atoms with E-state index < -0.39 is 0 Å². The maximum absolute atomic E-state index is 6.38. The first-order chi connectivity index (χ1) is 9.82. The molecule has 0 radical (unpaired) electrons. The summed E-state index contributed by atoms with van der Waals surface area (Å²) in [4.78, 5) is 9.60. The van der Waals surface area contributed by atoms with E-state index in [2.05, 4.69) is 20.9 Å². The quantitative estimate of drug-likeness (QED) is 0.777. The van der Waals surface area contributed by atoms with Gasteiger partial charge in [-0.15, -0.1) is 0 Å². The summed E-state index contributed by atoms with van der Waals surface area (Å²) in [6.45, 7) is 6.00. The van der Waals surface area contributed by atoms with Crippen LogP contribution in [-0.2, 0) is 6.42 Å². The van der Waals surface area contributed by atoms with Crippen LogP contribution >= 0.6 is 0 Å². The van der Waals surface area contributed by atoms with Crippen LogP contribution < -0.4 is 9.64 Å². The molecule has 5 aliphatic heterocycles. The summed E-state index contributed by atoms with van der Waals surface area (Å²) in [6, 6.07) is 2.33. The zero-order valence-electron chi connectivity index (χ0n) is 11.8. The molecule has 1 atom stereocenters. The van der Waals surface area contributed by atoms with E-state index in [1.54, 1.807) is 0 Å². The fraction of sp³-hybridized carbons (Fsp3) is 0.688. The number of hydrogen-bond acceptors (Lipinski definition) is 4. The van der Waals surface area contributed by atoms with Crippen LogP contribution in [0.25, 0.3) is 0 Å². The molecule has 4 fully saturated rings. The highest BCUT2D eigenvalue weighted by Gasteiger charge is 2.52. The molecule has 1 spiro atoms. The number of aromatic nitrogens is 1. The third-order valence-corrected chi connectivity index (χ3v) is 5.74. The van der Waals surface area contributed by atoms with Gasteiger partial charge in [-0.3, -0.25) is 4.90 Å². The smallest absolute Gasteiger partial charge is 0.217 e. The lowest BCUT2D eigenvalue weighted by atomic mass is 9.73. The lowest BCUT2D eigenvalue weighted by Crippen LogP contribution is -2.61. The summed E-state index contributed by atoms with van der Waals surface area (Å²) in [5.41, 5.74) is 2.67. The van der Waals surface area contributed by atoms with Gasteiger partial charge in [-0.25, -0.2) is 4.98 Å². The lowest BCUT2D eigenvalue weighted by molar-refractivity contribution is -0.0814. The maximum atomic E-state index is 6.38. The summed E-state index contributed by atoms with van der Waals surface area (Å²) in [6.07, 6.45) is 6.98. The minimum absolute atomic E-state index is 0.0411. The Morgan fingerprint density at radius 3 is 2.70 bits per heavy atom. The summed E-state index contributed by atoms with van der Waals surface area (Å²) in [5.74, 6) is 1.64. The van der Waals surface area contributed by atoms with Gasteiger partial charge >= 0.3 is 0 Å². The zero-order valence-corrected chi connectivity index (χ0v) is 11.8. The van der Waals surface area contributed by atoms with E-state index in [-0.39, 0.29) is 5.60 Å². The monoisotopic (exact) mass is 271 g/mol. The van der Waals surface area contributed by atoms with Gasteiger partial charge in [0.1, 0.15) is 5.60 Å². The molecule has 0 amide bonds. The normalized spacial score (nSPS) is 37.7. The summed E-state index contributed by atoms with van der Waals surface area (Å²) < 4.78 is 6.38. The predicted molar refractivity (Wildman–Crippen MR) is 77.3 cm³/mol. The maximum Gasteiger partial charge on any atom is 0.217 e. The predicted octanol–water partition coefficient (Wildman–Crippen LogP) is 1.69. The van der Waals surface area contributed by atoms with Crippen LogP contribution in [0.4, 0.5) is 5.69 Å². The SMILES string of the molecule is c1nc2c(cc1N1CCC1)C[C@@]1(CN3CCC1CC3)O2. The van der Waals surface area contributed by atoms with E-state index in [9.17, 15) is 0 Å². The van der Waals surface area contributed by atoms with Crippen molar-refractivity contribution in [1.82, 2.24) is 9.88 Å². The topological polar surface area (TPSA) is 28.6 Å². The molecule has 0 unspecified atom stereocenters. The third kappa shape index (κ3) is 1.48. The third-order valence-electron chi connectivity index (χ3n) is 5.74. The summed E-state index contributed by atoms with van der Waals surface area (Å²) in [7, 11) is 0. The average molecular weight is 271 g/mol. The molecule has 6 heterocycles. The molecular weight excluding hydrogens is 250 g/mol. The van der Waals surface area contributed by atoms with E-state index in [1.165, 1.54) is 56.7 Å². The van der Waals surface area contributed by atoms with Crippen molar-refractivity contribution in [2.75, 3.05) is 37.6 Å². The number of pyridine rings is 1. The van der Waals surface area contributed by atoms with Crippen molar-refractivity contribution in [2.45, 2.75) is 31.3 Å². The number of nitrogens with zero attached hydrogens (tertiary/aromatic N) is 3. The van der Waals surface area contributed by atoms with Gasteiger partial charge in [-0.05, 0) is 38.4 Å². The van der Waals surface area contributed by atoms with Crippen molar-refractivity contribution in [3.05, 3.63) is 17.8 Å². The van der Waals surface area contributed by atoms with E-state index in [1.807, 2.05) is 6.20 Å². The first-order valence-electron chi connectivity index (χ1n) is 7.98. The van der Waals surface area contributed by atoms with Gasteiger partial charge in [0.25, 0.3) is 0 Å². The average Bonchev–Trinajstić information content (AvgIpc) is 2.75. The molecule has 6 rings (SSSR count). The standard InChI is InChI=1S/C16H21N3O/c1-4-19(5-1)14-8-12-9-16(20-15(12)17-10-14)11-18-6-2-13(16)3-7-18/h8,10,13H,1-7,9,11H2/t16-/m0/s1. The molecule has 4 heteroatoms. The Morgan fingerprint density at radius 1 is 1.20 bits per heavy atom. The van der Waals surface area contributed by atoms with Crippen molar-refractivity contribution in [2.24, 2.45) is 5.92 Å². The van der Waals surface area contributed by atoms with Crippen molar-refractivity contribution in [1.29, 1.82) is 0 Å². The Balaban J connectivity index is 1.46. The van der Waals surface area contributed by atoms with Crippen molar-refractivity contribution in [3.8, 4) is 5.88 Å². The molecule has 4 nitrogen and oxygen atoms in total. The fourth-order valence-corrected chi connectivity index (χ4v) is 4.44. The number of rotatable bonds is 1. The fourth-order valence-electron chi connectivity index (χ4n) is 4.44. The Bertz CT molecular complexity index is 549. The van der Waals surface area contributed by atoms with E-state index in [4.69, 9.17) is 4.74 Å². The Morgan fingerprint density at radius 2 is 2.05 bits per heavy atom. The molecule has 5 aliphatic rings. The van der Waals surface area contributed by atoms with Gasteiger partial charge in [0.05, 0.1) is 11.9 Å².